The summed E-state index contributed by atoms with van der Waals surface area (Å²) in [5.41, 5.74) is 2.84. The predicted molar refractivity (Wildman–Crippen MR) is 113 cm³/mol. The van der Waals surface area contributed by atoms with Crippen molar-refractivity contribution in [1.29, 1.82) is 0 Å². The average molecular weight is 398 g/mol. The summed E-state index contributed by atoms with van der Waals surface area (Å²) in [4.78, 5) is 14.4. The van der Waals surface area contributed by atoms with Gasteiger partial charge in [0.25, 0.3) is 5.91 Å². The number of nitrogens with one attached hydrogen (secondary N) is 1. The van der Waals surface area contributed by atoms with E-state index in [4.69, 9.17) is 26.4 Å². The Morgan fingerprint density at radius 2 is 1.89 bits per heavy atom. The van der Waals surface area contributed by atoms with Crippen LogP contribution in [0, 0.1) is 0 Å². The molecular weight excluding hydrogens is 376 g/mol. The zero-order valence-corrected chi connectivity index (χ0v) is 16.8. The number of hydrogen-bond donors (Lipinski definition) is 1. The Kier molecular flexibility index (Phi) is 6.28. The molecule has 0 saturated carbocycles. The molecule has 0 spiro atoms. The number of thiocarbonyl (C=S) groups is 1. The lowest BCUT2D eigenvalue weighted by molar-refractivity contribution is -0.113. The number of rotatable bonds is 7. The average Bonchev–Trinajstić information content (AvgIpc) is 2.96. The minimum absolute atomic E-state index is 0.210. The fourth-order valence-electron chi connectivity index (χ4n) is 2.95. The van der Waals surface area contributed by atoms with E-state index in [0.29, 0.717) is 29.7 Å². The van der Waals surface area contributed by atoms with Crippen molar-refractivity contribution >= 4 is 35.0 Å². The monoisotopic (exact) mass is 398 g/mol. The van der Waals surface area contributed by atoms with Crippen molar-refractivity contribution in [2.45, 2.75) is 13.5 Å². The van der Waals surface area contributed by atoms with Gasteiger partial charge in [0.15, 0.2) is 5.11 Å². The molecule has 0 aliphatic carbocycles. The van der Waals surface area contributed by atoms with Crippen LogP contribution >= 0.6 is 12.2 Å². The van der Waals surface area contributed by atoms with Crippen molar-refractivity contribution in [3.05, 3.63) is 59.3 Å². The summed E-state index contributed by atoms with van der Waals surface area (Å²) >= 11 is 5.37. The summed E-state index contributed by atoms with van der Waals surface area (Å²) in [6, 6.07) is 12.9. The maximum Gasteiger partial charge on any atom is 0.281 e. The number of methoxy groups -OCH3 is 2. The van der Waals surface area contributed by atoms with Crippen LogP contribution in [0.15, 0.2) is 48.2 Å². The van der Waals surface area contributed by atoms with Gasteiger partial charge in [-0.25, -0.2) is 0 Å². The summed E-state index contributed by atoms with van der Waals surface area (Å²) < 4.78 is 16.0. The Balaban J connectivity index is 1.85. The molecule has 1 N–H and O–H groups in total. The van der Waals surface area contributed by atoms with Crippen LogP contribution in [0.5, 0.6) is 11.5 Å². The first-order valence-electron chi connectivity index (χ1n) is 8.83. The van der Waals surface area contributed by atoms with Gasteiger partial charge in [0.1, 0.15) is 17.2 Å². The van der Waals surface area contributed by atoms with Crippen LogP contribution < -0.4 is 19.7 Å². The molecule has 0 bridgehead atoms. The van der Waals surface area contributed by atoms with Crippen LogP contribution in [0.4, 0.5) is 5.69 Å². The zero-order chi connectivity index (χ0) is 20.1. The first-order valence-corrected chi connectivity index (χ1v) is 9.24. The SMILES string of the molecule is CCOc1ccc(N2C(=O)/C(=C\c3ccc(OC)c(COC)c3)NC2=S)cc1. The van der Waals surface area contributed by atoms with Crippen LogP contribution in [-0.2, 0) is 16.1 Å². The van der Waals surface area contributed by atoms with Crippen molar-refractivity contribution in [1.82, 2.24) is 5.32 Å². The van der Waals surface area contributed by atoms with E-state index in [0.717, 1.165) is 22.6 Å². The van der Waals surface area contributed by atoms with Crippen molar-refractivity contribution in [3.8, 4) is 11.5 Å². The Morgan fingerprint density at radius 3 is 2.54 bits per heavy atom. The lowest BCUT2D eigenvalue weighted by Gasteiger charge is -2.14. The molecule has 1 fully saturated rings. The van der Waals surface area contributed by atoms with Gasteiger partial charge < -0.3 is 19.5 Å². The quantitative estimate of drug-likeness (QED) is 0.569. The third-order valence-corrected chi connectivity index (χ3v) is 4.48. The summed E-state index contributed by atoms with van der Waals surface area (Å²) in [7, 11) is 3.24. The molecule has 0 atom stereocenters. The molecule has 0 aromatic heterocycles. The van der Waals surface area contributed by atoms with Gasteiger partial charge in [-0.1, -0.05) is 6.07 Å². The fraction of sp³-hybridized carbons (Fsp3) is 0.238. The number of carbonyl (C=O) groups is 1. The van der Waals surface area contributed by atoms with Gasteiger partial charge in [-0.05, 0) is 67.2 Å². The summed E-state index contributed by atoms with van der Waals surface area (Å²) in [5, 5.41) is 3.33. The highest BCUT2D eigenvalue weighted by Crippen LogP contribution is 2.26. The van der Waals surface area contributed by atoms with E-state index >= 15 is 0 Å². The number of anilines is 1. The molecule has 1 saturated heterocycles. The van der Waals surface area contributed by atoms with Crippen molar-refractivity contribution in [2.75, 3.05) is 25.7 Å². The molecule has 146 valence electrons. The largest absolute Gasteiger partial charge is 0.496 e. The molecule has 2 aromatic carbocycles. The van der Waals surface area contributed by atoms with Crippen molar-refractivity contribution in [3.63, 3.8) is 0 Å². The summed E-state index contributed by atoms with van der Waals surface area (Å²) in [5.74, 6) is 1.27. The number of nitrogens with zero attached hydrogens (tertiary/aromatic N) is 1. The number of hydrogen-bond acceptors (Lipinski definition) is 5. The first-order chi connectivity index (χ1) is 13.6. The third-order valence-electron chi connectivity index (χ3n) is 4.20. The van der Waals surface area contributed by atoms with Gasteiger partial charge in [-0.15, -0.1) is 0 Å². The molecule has 0 radical (unpaired) electrons. The molecule has 1 aliphatic heterocycles. The molecule has 7 heteroatoms. The van der Waals surface area contributed by atoms with E-state index in [1.54, 1.807) is 20.3 Å². The van der Waals surface area contributed by atoms with E-state index < -0.39 is 0 Å². The van der Waals surface area contributed by atoms with Crippen LogP contribution in [0.2, 0.25) is 0 Å². The van der Waals surface area contributed by atoms with Crippen molar-refractivity contribution < 1.29 is 19.0 Å². The highest BCUT2D eigenvalue weighted by Gasteiger charge is 2.32. The lowest BCUT2D eigenvalue weighted by Crippen LogP contribution is -2.30. The number of benzene rings is 2. The minimum Gasteiger partial charge on any atom is -0.496 e. The molecule has 1 aliphatic rings. The zero-order valence-electron chi connectivity index (χ0n) is 16.0. The third kappa shape index (κ3) is 4.16. The maximum absolute atomic E-state index is 12.9. The predicted octanol–water partition coefficient (Wildman–Crippen LogP) is 3.50. The van der Waals surface area contributed by atoms with Gasteiger partial charge >= 0.3 is 0 Å². The normalized spacial score (nSPS) is 15.1. The van der Waals surface area contributed by atoms with Gasteiger partial charge in [-0.2, -0.15) is 0 Å². The highest BCUT2D eigenvalue weighted by molar-refractivity contribution is 7.80. The van der Waals surface area contributed by atoms with Gasteiger partial charge in [0.2, 0.25) is 0 Å². The first kappa shape index (κ1) is 19.9. The topological polar surface area (TPSA) is 60.0 Å². The second-order valence-electron chi connectivity index (χ2n) is 6.06. The van der Waals surface area contributed by atoms with E-state index in [1.807, 2.05) is 49.4 Å². The molecular formula is C21H22N2O4S. The molecule has 28 heavy (non-hydrogen) atoms. The fourth-order valence-corrected chi connectivity index (χ4v) is 3.25. The maximum atomic E-state index is 12.9. The van der Waals surface area contributed by atoms with Gasteiger partial charge in [0.05, 0.1) is 26.0 Å². The van der Waals surface area contributed by atoms with Crippen LogP contribution in [0.1, 0.15) is 18.1 Å². The molecule has 2 aromatic rings. The minimum atomic E-state index is -0.210. The second kappa shape index (κ2) is 8.86. The van der Waals surface area contributed by atoms with Gasteiger partial charge in [0, 0.05) is 12.7 Å². The highest BCUT2D eigenvalue weighted by atomic mass is 32.1. The van der Waals surface area contributed by atoms with E-state index in [2.05, 4.69) is 5.32 Å². The van der Waals surface area contributed by atoms with E-state index in [1.165, 1.54) is 4.90 Å². The Hall–Kier alpha value is -2.90. The van der Waals surface area contributed by atoms with Crippen LogP contribution in [0.25, 0.3) is 6.08 Å². The van der Waals surface area contributed by atoms with Crippen LogP contribution in [-0.4, -0.2) is 31.8 Å². The molecule has 6 nitrogen and oxygen atoms in total. The standard InChI is InChI=1S/C21H22N2O4S/c1-4-27-17-8-6-16(7-9-17)23-20(24)18(22-21(23)28)12-14-5-10-19(26-3)15(11-14)13-25-2/h5-12H,4,13H2,1-3H3,(H,22,28)/b18-12+. The van der Waals surface area contributed by atoms with Crippen LogP contribution in [0.3, 0.4) is 0 Å². The second-order valence-corrected chi connectivity index (χ2v) is 6.45. The van der Waals surface area contributed by atoms with E-state index in [-0.39, 0.29) is 5.91 Å². The van der Waals surface area contributed by atoms with E-state index in [9.17, 15) is 4.79 Å². The van der Waals surface area contributed by atoms with Gasteiger partial charge in [-0.3, -0.25) is 9.69 Å². The Morgan fingerprint density at radius 1 is 1.14 bits per heavy atom. The number of carbonyl (C=O) groups excluding carboxylic acids is 1. The number of amides is 1. The van der Waals surface area contributed by atoms with Crippen molar-refractivity contribution in [2.24, 2.45) is 0 Å². The molecule has 1 heterocycles. The molecule has 1 amide bonds. The smallest absolute Gasteiger partial charge is 0.281 e. The Bertz CT molecular complexity index is 909. The summed E-state index contributed by atoms with van der Waals surface area (Å²) in [6.45, 7) is 2.92. The number of ether oxygens (including phenoxy) is 3. The molecule has 0 unspecified atom stereocenters. The lowest BCUT2D eigenvalue weighted by atomic mass is 10.1. The Labute approximate surface area is 169 Å². The summed E-state index contributed by atoms with van der Waals surface area (Å²) in [6.07, 6.45) is 1.77. The molecule has 3 rings (SSSR count).